The second-order valence-corrected chi connectivity index (χ2v) is 5.17. The molecule has 0 saturated carbocycles. The summed E-state index contributed by atoms with van der Waals surface area (Å²) in [6.07, 6.45) is -0.0974. The number of anilines is 1. The lowest BCUT2D eigenvalue weighted by Gasteiger charge is -2.08. The van der Waals surface area contributed by atoms with E-state index in [1.807, 2.05) is 0 Å². The van der Waals surface area contributed by atoms with Gasteiger partial charge in [-0.15, -0.1) is 0 Å². The molecular weight excluding hydrogens is 341 g/mol. The quantitative estimate of drug-likeness (QED) is 0.886. The Labute approximate surface area is 128 Å². The van der Waals surface area contributed by atoms with E-state index in [-0.39, 0.29) is 17.9 Å². The van der Waals surface area contributed by atoms with E-state index < -0.39 is 11.8 Å². The van der Waals surface area contributed by atoms with Gasteiger partial charge < -0.3 is 10.4 Å². The summed E-state index contributed by atoms with van der Waals surface area (Å²) < 4.78 is 13.9. The van der Waals surface area contributed by atoms with Gasteiger partial charge in [-0.3, -0.25) is 4.79 Å². The maximum Gasteiger partial charge on any atom is 0.335 e. The van der Waals surface area contributed by atoms with E-state index >= 15 is 0 Å². The second-order valence-electron chi connectivity index (χ2n) is 4.32. The van der Waals surface area contributed by atoms with Crippen molar-refractivity contribution in [3.63, 3.8) is 0 Å². The highest BCUT2D eigenvalue weighted by atomic mass is 79.9. The molecule has 108 valence electrons. The molecule has 2 rings (SSSR count). The highest BCUT2D eigenvalue weighted by Crippen LogP contribution is 2.24. The van der Waals surface area contributed by atoms with Crippen LogP contribution in [0.15, 0.2) is 46.9 Å². The molecule has 0 radical (unpaired) electrons. The van der Waals surface area contributed by atoms with Crippen molar-refractivity contribution in [1.82, 2.24) is 0 Å². The van der Waals surface area contributed by atoms with Crippen LogP contribution in [0, 0.1) is 5.82 Å². The minimum absolute atomic E-state index is 0.0974. The van der Waals surface area contributed by atoms with Gasteiger partial charge in [-0.05, 0) is 45.8 Å². The van der Waals surface area contributed by atoms with Crippen LogP contribution in [0.2, 0.25) is 0 Å². The van der Waals surface area contributed by atoms with E-state index in [2.05, 4.69) is 21.2 Å². The SMILES string of the molecule is O=C(Cc1ccccc1F)Nc1ccc(C(=O)O)cc1Br. The maximum absolute atomic E-state index is 13.5. The van der Waals surface area contributed by atoms with Crippen molar-refractivity contribution in [3.8, 4) is 0 Å². The van der Waals surface area contributed by atoms with E-state index in [0.29, 0.717) is 15.7 Å². The van der Waals surface area contributed by atoms with Gasteiger partial charge in [-0.1, -0.05) is 18.2 Å². The van der Waals surface area contributed by atoms with Gasteiger partial charge in [0.25, 0.3) is 0 Å². The second kappa shape index (κ2) is 6.49. The highest BCUT2D eigenvalue weighted by molar-refractivity contribution is 9.10. The Morgan fingerprint density at radius 1 is 1.19 bits per heavy atom. The molecule has 0 aromatic heterocycles. The van der Waals surface area contributed by atoms with Crippen molar-refractivity contribution in [3.05, 3.63) is 63.9 Å². The van der Waals surface area contributed by atoms with Crippen LogP contribution in [0.1, 0.15) is 15.9 Å². The zero-order valence-electron chi connectivity index (χ0n) is 10.8. The molecule has 2 aromatic carbocycles. The molecule has 0 unspecified atom stereocenters. The Bertz CT molecular complexity index is 703. The van der Waals surface area contributed by atoms with Crippen molar-refractivity contribution in [2.45, 2.75) is 6.42 Å². The van der Waals surface area contributed by atoms with Gasteiger partial charge in [0.05, 0.1) is 17.7 Å². The molecule has 0 aliphatic carbocycles. The minimum atomic E-state index is -1.06. The number of hydrogen-bond acceptors (Lipinski definition) is 2. The lowest BCUT2D eigenvalue weighted by atomic mass is 10.1. The highest BCUT2D eigenvalue weighted by Gasteiger charge is 2.11. The van der Waals surface area contributed by atoms with E-state index in [9.17, 15) is 14.0 Å². The number of benzene rings is 2. The minimum Gasteiger partial charge on any atom is -0.478 e. The number of nitrogens with one attached hydrogen (secondary N) is 1. The van der Waals surface area contributed by atoms with E-state index in [1.165, 1.54) is 30.3 Å². The smallest absolute Gasteiger partial charge is 0.335 e. The Balaban J connectivity index is 2.10. The van der Waals surface area contributed by atoms with Gasteiger partial charge in [0, 0.05) is 4.47 Å². The van der Waals surface area contributed by atoms with Gasteiger partial charge >= 0.3 is 5.97 Å². The van der Waals surface area contributed by atoms with Crippen molar-refractivity contribution in [2.75, 3.05) is 5.32 Å². The number of carboxylic acid groups (broad SMARTS) is 1. The normalized spacial score (nSPS) is 10.2. The van der Waals surface area contributed by atoms with Crippen molar-refractivity contribution >= 4 is 33.5 Å². The van der Waals surface area contributed by atoms with Gasteiger partial charge in [0.15, 0.2) is 0 Å². The summed E-state index contributed by atoms with van der Waals surface area (Å²) >= 11 is 3.19. The molecule has 0 atom stereocenters. The molecule has 1 amide bonds. The lowest BCUT2D eigenvalue weighted by molar-refractivity contribution is -0.115. The Morgan fingerprint density at radius 2 is 1.90 bits per heavy atom. The third-order valence-corrected chi connectivity index (χ3v) is 3.46. The summed E-state index contributed by atoms with van der Waals surface area (Å²) in [5, 5.41) is 11.5. The molecule has 0 spiro atoms. The molecule has 0 saturated heterocycles. The third kappa shape index (κ3) is 3.88. The summed E-state index contributed by atoms with van der Waals surface area (Å²) in [5.74, 6) is -1.88. The average molecular weight is 352 g/mol. The van der Waals surface area contributed by atoms with E-state index in [1.54, 1.807) is 12.1 Å². The van der Waals surface area contributed by atoms with Crippen molar-refractivity contribution in [2.24, 2.45) is 0 Å². The maximum atomic E-state index is 13.5. The third-order valence-electron chi connectivity index (χ3n) is 2.80. The monoisotopic (exact) mass is 351 g/mol. The summed E-state index contributed by atoms with van der Waals surface area (Å²) in [4.78, 5) is 22.7. The average Bonchev–Trinajstić information content (AvgIpc) is 2.43. The number of halogens is 2. The van der Waals surface area contributed by atoms with Gasteiger partial charge in [-0.25, -0.2) is 9.18 Å². The van der Waals surface area contributed by atoms with Crippen molar-refractivity contribution < 1.29 is 19.1 Å². The largest absolute Gasteiger partial charge is 0.478 e. The molecule has 0 aliphatic rings. The lowest BCUT2D eigenvalue weighted by Crippen LogP contribution is -2.15. The molecule has 2 aromatic rings. The fourth-order valence-corrected chi connectivity index (χ4v) is 2.24. The van der Waals surface area contributed by atoms with Crippen LogP contribution in [0.3, 0.4) is 0 Å². The van der Waals surface area contributed by atoms with E-state index in [0.717, 1.165) is 0 Å². The first-order valence-corrected chi connectivity index (χ1v) is 6.83. The van der Waals surface area contributed by atoms with Crippen LogP contribution in [0.4, 0.5) is 10.1 Å². The zero-order valence-corrected chi connectivity index (χ0v) is 12.4. The Hall–Kier alpha value is -2.21. The van der Waals surface area contributed by atoms with Gasteiger partial charge in [0.1, 0.15) is 5.82 Å². The molecule has 2 N–H and O–H groups in total. The van der Waals surface area contributed by atoms with E-state index in [4.69, 9.17) is 5.11 Å². The predicted molar refractivity (Wildman–Crippen MR) is 79.8 cm³/mol. The molecule has 0 heterocycles. The first-order valence-electron chi connectivity index (χ1n) is 6.03. The fourth-order valence-electron chi connectivity index (χ4n) is 1.76. The molecule has 0 aliphatic heterocycles. The van der Waals surface area contributed by atoms with Crippen molar-refractivity contribution in [1.29, 1.82) is 0 Å². The van der Waals surface area contributed by atoms with Crippen LogP contribution in [0.5, 0.6) is 0 Å². The van der Waals surface area contributed by atoms with Gasteiger partial charge in [-0.2, -0.15) is 0 Å². The summed E-state index contributed by atoms with van der Waals surface area (Å²) in [5.41, 5.74) is 0.837. The number of aromatic carboxylic acids is 1. The number of hydrogen-bond donors (Lipinski definition) is 2. The molecule has 0 fully saturated rings. The fraction of sp³-hybridized carbons (Fsp3) is 0.0667. The molecule has 4 nitrogen and oxygen atoms in total. The van der Waals surface area contributed by atoms with Crippen LogP contribution in [-0.2, 0) is 11.2 Å². The van der Waals surface area contributed by atoms with Crippen LogP contribution in [0.25, 0.3) is 0 Å². The molecule has 21 heavy (non-hydrogen) atoms. The molecular formula is C15H11BrFNO3. The number of rotatable bonds is 4. The predicted octanol–water partition coefficient (Wildman–Crippen LogP) is 3.47. The number of carbonyl (C=O) groups excluding carboxylic acids is 1. The number of amides is 1. The first-order chi connectivity index (χ1) is 9.97. The molecule has 0 bridgehead atoms. The number of carboxylic acids is 1. The summed E-state index contributed by atoms with van der Waals surface area (Å²) in [6, 6.07) is 10.3. The standard InChI is InChI=1S/C15H11BrFNO3/c16-11-7-10(15(20)21)5-6-13(11)18-14(19)8-9-3-1-2-4-12(9)17/h1-7H,8H2,(H,18,19)(H,20,21). The van der Waals surface area contributed by atoms with Gasteiger partial charge in [0.2, 0.25) is 5.91 Å². The van der Waals surface area contributed by atoms with Crippen LogP contribution >= 0.6 is 15.9 Å². The zero-order chi connectivity index (χ0) is 15.4. The Kier molecular flexibility index (Phi) is 4.70. The van der Waals surface area contributed by atoms with Crippen LogP contribution in [-0.4, -0.2) is 17.0 Å². The van der Waals surface area contributed by atoms with Crippen LogP contribution < -0.4 is 5.32 Å². The summed E-state index contributed by atoms with van der Waals surface area (Å²) in [6.45, 7) is 0. The summed E-state index contributed by atoms with van der Waals surface area (Å²) in [7, 11) is 0. The molecule has 6 heteroatoms. The number of carbonyl (C=O) groups is 2. The Morgan fingerprint density at radius 3 is 2.52 bits per heavy atom. The topological polar surface area (TPSA) is 66.4 Å². The first kappa shape index (κ1) is 15.2.